The van der Waals surface area contributed by atoms with E-state index < -0.39 is 29.3 Å². The van der Waals surface area contributed by atoms with Gasteiger partial charge in [0.2, 0.25) is 0 Å². The van der Waals surface area contributed by atoms with E-state index in [2.05, 4.69) is 10.1 Å². The molecule has 0 spiro atoms. The molecule has 2 rings (SSSR count). The van der Waals surface area contributed by atoms with Crippen molar-refractivity contribution in [2.45, 2.75) is 38.3 Å². The number of aliphatic carboxylic acids is 1. The first-order valence-corrected chi connectivity index (χ1v) is 7.50. The van der Waals surface area contributed by atoms with Gasteiger partial charge in [-0.15, -0.1) is 0 Å². The highest BCUT2D eigenvalue weighted by Gasteiger charge is 2.48. The van der Waals surface area contributed by atoms with Crippen molar-refractivity contribution in [2.75, 3.05) is 0 Å². The van der Waals surface area contributed by atoms with E-state index in [9.17, 15) is 19.4 Å². The molecule has 0 amide bonds. The molecule has 7 heteroatoms. The number of aliphatic hydroxyl groups is 1. The number of carboxylic acid groups (broad SMARTS) is 1. The van der Waals surface area contributed by atoms with Gasteiger partial charge in [0.1, 0.15) is 24.1 Å². The molecule has 0 saturated carbocycles. The van der Waals surface area contributed by atoms with Gasteiger partial charge in [0.05, 0.1) is 12.0 Å². The second-order valence-electron chi connectivity index (χ2n) is 5.43. The monoisotopic (exact) mass is 321 g/mol. The SMILES string of the molecule is CCC(C(=O)O)C(O)(c1ccc(F)cc1)C(CC)n1cncn1. The molecular weight excluding hydrogens is 301 g/mol. The van der Waals surface area contributed by atoms with Crippen LogP contribution in [0, 0.1) is 11.7 Å². The average Bonchev–Trinajstić information content (AvgIpc) is 3.02. The van der Waals surface area contributed by atoms with Crippen molar-refractivity contribution in [3.05, 3.63) is 48.3 Å². The molecule has 0 saturated heterocycles. The minimum Gasteiger partial charge on any atom is -0.481 e. The summed E-state index contributed by atoms with van der Waals surface area (Å²) in [5.41, 5.74) is -1.40. The lowest BCUT2D eigenvalue weighted by Crippen LogP contribution is -2.46. The molecule has 0 fully saturated rings. The number of rotatable bonds is 7. The molecule has 1 aromatic carbocycles. The van der Waals surface area contributed by atoms with Gasteiger partial charge in [0, 0.05) is 0 Å². The van der Waals surface area contributed by atoms with Crippen molar-refractivity contribution in [3.8, 4) is 0 Å². The Kier molecular flexibility index (Phi) is 5.10. The summed E-state index contributed by atoms with van der Waals surface area (Å²) in [6.07, 6.45) is 3.42. The summed E-state index contributed by atoms with van der Waals surface area (Å²) < 4.78 is 14.7. The Balaban J connectivity index is 2.62. The van der Waals surface area contributed by atoms with Crippen LogP contribution < -0.4 is 0 Å². The number of aromatic nitrogens is 3. The zero-order valence-electron chi connectivity index (χ0n) is 13.1. The second-order valence-corrected chi connectivity index (χ2v) is 5.43. The summed E-state index contributed by atoms with van der Waals surface area (Å²) in [5, 5.41) is 25.1. The zero-order chi connectivity index (χ0) is 17.0. The fourth-order valence-electron chi connectivity index (χ4n) is 3.09. The maximum atomic E-state index is 13.2. The maximum absolute atomic E-state index is 13.2. The van der Waals surface area contributed by atoms with Crippen LogP contribution in [-0.2, 0) is 10.4 Å². The molecule has 0 bridgehead atoms. The maximum Gasteiger partial charge on any atom is 0.309 e. The van der Waals surface area contributed by atoms with E-state index in [1.807, 2.05) is 6.92 Å². The standard InChI is InChI=1S/C16H20FN3O3/c1-3-13(15(21)22)16(23,11-5-7-12(17)8-6-11)14(4-2)20-10-18-9-19-20/h5-10,13-14,23H,3-4H2,1-2H3,(H,21,22). The van der Waals surface area contributed by atoms with Crippen molar-refractivity contribution in [1.29, 1.82) is 0 Å². The molecule has 1 heterocycles. The largest absolute Gasteiger partial charge is 0.481 e. The minimum absolute atomic E-state index is 0.217. The van der Waals surface area contributed by atoms with E-state index in [1.165, 1.54) is 41.6 Å². The Bertz CT molecular complexity index is 645. The number of nitrogens with zero attached hydrogens (tertiary/aromatic N) is 3. The van der Waals surface area contributed by atoms with Crippen LogP contribution in [0.25, 0.3) is 0 Å². The van der Waals surface area contributed by atoms with Gasteiger partial charge < -0.3 is 10.2 Å². The minimum atomic E-state index is -1.74. The predicted molar refractivity (Wildman–Crippen MR) is 81.1 cm³/mol. The van der Waals surface area contributed by atoms with Gasteiger partial charge in [0.25, 0.3) is 0 Å². The van der Waals surface area contributed by atoms with Crippen molar-refractivity contribution in [2.24, 2.45) is 5.92 Å². The average molecular weight is 321 g/mol. The highest BCUT2D eigenvalue weighted by molar-refractivity contribution is 5.72. The first-order valence-electron chi connectivity index (χ1n) is 7.50. The zero-order valence-corrected chi connectivity index (χ0v) is 13.1. The summed E-state index contributed by atoms with van der Waals surface area (Å²) >= 11 is 0. The van der Waals surface area contributed by atoms with Crippen LogP contribution in [0.3, 0.4) is 0 Å². The number of hydrogen-bond donors (Lipinski definition) is 2. The first-order chi connectivity index (χ1) is 10.9. The molecule has 0 radical (unpaired) electrons. The van der Waals surface area contributed by atoms with Crippen LogP contribution in [0.4, 0.5) is 4.39 Å². The quantitative estimate of drug-likeness (QED) is 0.817. The van der Waals surface area contributed by atoms with Gasteiger partial charge in [-0.05, 0) is 30.5 Å². The van der Waals surface area contributed by atoms with Gasteiger partial charge in [0.15, 0.2) is 0 Å². The highest BCUT2D eigenvalue weighted by atomic mass is 19.1. The Morgan fingerprint density at radius 3 is 2.39 bits per heavy atom. The summed E-state index contributed by atoms with van der Waals surface area (Å²) in [5.74, 6) is -2.63. The molecule has 23 heavy (non-hydrogen) atoms. The van der Waals surface area contributed by atoms with Gasteiger partial charge in [-0.2, -0.15) is 5.10 Å². The lowest BCUT2D eigenvalue weighted by atomic mass is 9.73. The van der Waals surface area contributed by atoms with E-state index in [4.69, 9.17) is 0 Å². The fraction of sp³-hybridized carbons (Fsp3) is 0.438. The molecule has 0 aliphatic carbocycles. The molecule has 124 valence electrons. The molecular formula is C16H20FN3O3. The normalized spacial score (nSPS) is 16.5. The summed E-state index contributed by atoms with van der Waals surface area (Å²) in [6, 6.07) is 4.61. The Labute approximate surface area is 133 Å². The number of carbonyl (C=O) groups is 1. The van der Waals surface area contributed by atoms with Gasteiger partial charge in [-0.1, -0.05) is 26.0 Å². The summed E-state index contributed by atoms with van der Waals surface area (Å²) in [4.78, 5) is 15.6. The smallest absolute Gasteiger partial charge is 0.309 e. The van der Waals surface area contributed by atoms with Crippen LogP contribution in [0.1, 0.15) is 38.3 Å². The van der Waals surface area contributed by atoms with Crippen molar-refractivity contribution >= 4 is 5.97 Å². The van der Waals surface area contributed by atoms with Gasteiger partial charge >= 0.3 is 5.97 Å². The van der Waals surface area contributed by atoms with Crippen LogP contribution in [-0.4, -0.2) is 30.9 Å². The lowest BCUT2D eigenvalue weighted by molar-refractivity contribution is -0.159. The Morgan fingerprint density at radius 2 is 1.96 bits per heavy atom. The third-order valence-electron chi connectivity index (χ3n) is 4.19. The van der Waals surface area contributed by atoms with Crippen molar-refractivity contribution in [1.82, 2.24) is 14.8 Å². The molecule has 2 aromatic rings. The topological polar surface area (TPSA) is 88.2 Å². The van der Waals surface area contributed by atoms with Gasteiger partial charge in [-0.25, -0.2) is 14.1 Å². The number of hydrogen-bond acceptors (Lipinski definition) is 4. The Morgan fingerprint density at radius 1 is 1.30 bits per heavy atom. The van der Waals surface area contributed by atoms with Crippen LogP contribution >= 0.6 is 0 Å². The number of carboxylic acids is 1. The molecule has 3 unspecified atom stereocenters. The van der Waals surface area contributed by atoms with Crippen LogP contribution in [0.15, 0.2) is 36.9 Å². The molecule has 3 atom stereocenters. The fourth-order valence-corrected chi connectivity index (χ4v) is 3.09. The van der Waals surface area contributed by atoms with Crippen molar-refractivity contribution in [3.63, 3.8) is 0 Å². The third kappa shape index (κ3) is 3.10. The van der Waals surface area contributed by atoms with Crippen molar-refractivity contribution < 1.29 is 19.4 Å². The second kappa shape index (κ2) is 6.87. The van der Waals surface area contributed by atoms with Crippen LogP contribution in [0.5, 0.6) is 0 Å². The summed E-state index contributed by atoms with van der Waals surface area (Å²) in [6.45, 7) is 3.52. The van der Waals surface area contributed by atoms with E-state index in [-0.39, 0.29) is 6.42 Å². The van der Waals surface area contributed by atoms with E-state index in [1.54, 1.807) is 6.92 Å². The molecule has 2 N–H and O–H groups in total. The molecule has 0 aliphatic rings. The highest BCUT2D eigenvalue weighted by Crippen LogP contribution is 2.43. The van der Waals surface area contributed by atoms with E-state index >= 15 is 0 Å². The third-order valence-corrected chi connectivity index (χ3v) is 4.19. The number of benzene rings is 1. The predicted octanol–water partition coefficient (Wildman–Crippen LogP) is 2.37. The summed E-state index contributed by atoms with van der Waals surface area (Å²) in [7, 11) is 0. The van der Waals surface area contributed by atoms with Gasteiger partial charge in [-0.3, -0.25) is 4.79 Å². The first kappa shape index (κ1) is 17.1. The van der Waals surface area contributed by atoms with Crippen LogP contribution in [0.2, 0.25) is 0 Å². The van der Waals surface area contributed by atoms with E-state index in [0.29, 0.717) is 12.0 Å². The molecule has 1 aromatic heterocycles. The molecule has 6 nitrogen and oxygen atoms in total. The molecule has 0 aliphatic heterocycles. The van der Waals surface area contributed by atoms with E-state index in [0.717, 1.165) is 0 Å². The Hall–Kier alpha value is -2.28. The number of halogens is 1. The lowest BCUT2D eigenvalue weighted by Gasteiger charge is -2.40.